The molecule has 1 fully saturated rings. The van der Waals surface area contributed by atoms with Gasteiger partial charge in [-0.3, -0.25) is 4.57 Å². The van der Waals surface area contributed by atoms with Crippen molar-refractivity contribution in [3.8, 4) is 0 Å². The summed E-state index contributed by atoms with van der Waals surface area (Å²) in [5.74, 6) is -0.110. The Balaban J connectivity index is 1.97. The summed E-state index contributed by atoms with van der Waals surface area (Å²) in [5, 5.41) is -0.134. The lowest BCUT2D eigenvalue weighted by atomic mass is 10.1. The van der Waals surface area contributed by atoms with Crippen molar-refractivity contribution in [3.05, 3.63) is 12.4 Å². The molecule has 12 heteroatoms. The highest BCUT2D eigenvalue weighted by Gasteiger charge is 2.52. The van der Waals surface area contributed by atoms with Crippen molar-refractivity contribution in [1.29, 1.82) is 0 Å². The van der Waals surface area contributed by atoms with Crippen molar-refractivity contribution in [2.24, 2.45) is 0 Å². The number of imidazole rings is 1. The number of nitrogen functional groups attached to an aromatic ring is 1. The maximum atomic E-state index is 16.1. The molecular weight excluding hydrogens is 476 g/mol. The van der Waals surface area contributed by atoms with Crippen molar-refractivity contribution in [3.63, 3.8) is 0 Å². The largest absolute Gasteiger partial charge is 0.414 e. The van der Waals surface area contributed by atoms with Crippen molar-refractivity contribution < 1.29 is 22.4 Å². The van der Waals surface area contributed by atoms with E-state index in [-0.39, 0.29) is 33.7 Å². The monoisotopic (exact) mass is 515 g/mol. The van der Waals surface area contributed by atoms with E-state index < -0.39 is 47.3 Å². The van der Waals surface area contributed by atoms with E-state index in [0.717, 1.165) is 0 Å². The molecule has 3 heterocycles. The highest BCUT2D eigenvalue weighted by atomic mass is 28.4. The second kappa shape index (κ2) is 8.88. The molecule has 1 aliphatic heterocycles. The summed E-state index contributed by atoms with van der Waals surface area (Å²) in [6.45, 7) is 21.4. The molecule has 0 bridgehead atoms. The summed E-state index contributed by atoms with van der Waals surface area (Å²) in [7, 11) is -4.46. The average Bonchev–Trinajstić information content (AvgIpc) is 3.20. The molecule has 0 saturated carbocycles. The van der Waals surface area contributed by atoms with Gasteiger partial charge in [-0.25, -0.2) is 9.37 Å². The summed E-state index contributed by atoms with van der Waals surface area (Å²) in [4.78, 5) is 11.5. The maximum Gasteiger partial charge on any atom is 0.312 e. The first-order valence-corrected chi connectivity index (χ1v) is 17.4. The highest BCUT2D eigenvalue weighted by molar-refractivity contribution is 6.74. The van der Waals surface area contributed by atoms with Crippen molar-refractivity contribution in [2.75, 3.05) is 12.3 Å². The summed E-state index contributed by atoms with van der Waals surface area (Å²) >= 11 is 0. The van der Waals surface area contributed by atoms with Gasteiger partial charge in [0.25, 0.3) is 0 Å². The molecule has 2 aromatic heterocycles. The highest BCUT2D eigenvalue weighted by Crippen LogP contribution is 2.44. The maximum absolute atomic E-state index is 16.1. The summed E-state index contributed by atoms with van der Waals surface area (Å²) in [5.41, 5.74) is 6.06. The number of hydrogen-bond donors (Lipinski definition) is 1. The van der Waals surface area contributed by atoms with Crippen LogP contribution in [-0.4, -0.2) is 61.1 Å². The number of anilines is 1. The van der Waals surface area contributed by atoms with Gasteiger partial charge in [0.15, 0.2) is 46.0 Å². The predicted molar refractivity (Wildman–Crippen MR) is 134 cm³/mol. The van der Waals surface area contributed by atoms with Gasteiger partial charge in [-0.1, -0.05) is 41.5 Å². The molecule has 0 amide bonds. The van der Waals surface area contributed by atoms with Crippen LogP contribution in [0.15, 0.2) is 6.33 Å². The third-order valence-electron chi connectivity index (χ3n) is 7.61. The van der Waals surface area contributed by atoms with Crippen LogP contribution in [0.3, 0.4) is 0 Å². The molecule has 0 spiro atoms. The second-order valence-electron chi connectivity index (χ2n) is 12.1. The van der Waals surface area contributed by atoms with Crippen molar-refractivity contribution >= 4 is 33.6 Å². The lowest BCUT2D eigenvalue weighted by Gasteiger charge is -2.40. The van der Waals surface area contributed by atoms with Crippen LogP contribution in [0.1, 0.15) is 47.8 Å². The fourth-order valence-electron chi connectivity index (χ4n) is 3.31. The fourth-order valence-corrected chi connectivity index (χ4v) is 5.64. The number of rotatable bonds is 6. The lowest BCUT2D eigenvalue weighted by Crippen LogP contribution is -2.50. The van der Waals surface area contributed by atoms with Gasteiger partial charge < -0.3 is 19.3 Å². The van der Waals surface area contributed by atoms with E-state index in [1.807, 2.05) is 0 Å². The minimum Gasteiger partial charge on any atom is -0.414 e. The number of hydrogen-bond acceptors (Lipinski definition) is 7. The number of nitrogens with two attached hydrogens (primary N) is 1. The standard InChI is InChI=1S/C22H39F2N5O3Si2/c1-21(2,3)33(7,8)30-11-13-16(32-34(9,10)22(4,5)6)14(23)19(31-13)29-12-26-15-17(25)27-20(24)28-18(15)29/h12-14,16,19H,11H2,1-10H3,(H2,25,27,28)/t13-,14+,16?,19-/m1/s1. The first-order valence-electron chi connectivity index (χ1n) is 11.6. The van der Waals surface area contributed by atoms with Gasteiger partial charge in [-0.05, 0) is 36.3 Å². The molecule has 4 atom stereocenters. The Bertz CT molecular complexity index is 1040. The van der Waals surface area contributed by atoms with Gasteiger partial charge in [-0.15, -0.1) is 0 Å². The average molecular weight is 516 g/mol. The Kier molecular flexibility index (Phi) is 7.08. The van der Waals surface area contributed by atoms with E-state index in [9.17, 15) is 4.39 Å². The zero-order chi connectivity index (χ0) is 25.9. The minimum absolute atomic E-state index is 0.0115. The number of alkyl halides is 1. The smallest absolute Gasteiger partial charge is 0.312 e. The van der Waals surface area contributed by atoms with E-state index in [2.05, 4.69) is 82.7 Å². The van der Waals surface area contributed by atoms with Crippen LogP contribution in [0.5, 0.6) is 0 Å². The van der Waals surface area contributed by atoms with Gasteiger partial charge in [0.2, 0.25) is 0 Å². The molecular formula is C22H39F2N5O3Si2. The lowest BCUT2D eigenvalue weighted by molar-refractivity contribution is -0.0421. The quantitative estimate of drug-likeness (QED) is 0.417. The number of aromatic nitrogens is 4. The molecule has 8 nitrogen and oxygen atoms in total. The van der Waals surface area contributed by atoms with Crippen molar-refractivity contribution in [2.45, 2.75) is 102 Å². The molecule has 0 radical (unpaired) electrons. The normalized spacial score (nSPS) is 24.8. The number of nitrogens with zero attached hydrogens (tertiary/aromatic N) is 4. The van der Waals surface area contributed by atoms with Gasteiger partial charge in [0.1, 0.15) is 12.2 Å². The molecule has 0 aromatic carbocycles. The zero-order valence-corrected chi connectivity index (χ0v) is 23.9. The van der Waals surface area contributed by atoms with Crippen LogP contribution in [0.25, 0.3) is 11.2 Å². The summed E-state index contributed by atoms with van der Waals surface area (Å²) < 4.78 is 50.5. The van der Waals surface area contributed by atoms with E-state index in [4.69, 9.17) is 19.3 Å². The van der Waals surface area contributed by atoms with E-state index in [1.165, 1.54) is 10.9 Å². The zero-order valence-electron chi connectivity index (χ0n) is 21.9. The van der Waals surface area contributed by atoms with Crippen LogP contribution in [0, 0.1) is 6.08 Å². The SMILES string of the molecule is CC(C)(C)[Si](C)(C)OC[C@H]1O[C@@H](n2cnc3c(N)nc(F)nc32)[C@@H](F)C1O[Si](C)(C)C(C)(C)C. The molecule has 1 aliphatic rings. The Morgan fingerprint density at radius 1 is 1.06 bits per heavy atom. The Hall–Kier alpha value is -1.48. The molecule has 2 N–H and O–H groups in total. The van der Waals surface area contributed by atoms with Gasteiger partial charge in [0, 0.05) is 0 Å². The van der Waals surface area contributed by atoms with E-state index in [0.29, 0.717) is 0 Å². The topological polar surface area (TPSA) is 97.3 Å². The summed E-state index contributed by atoms with van der Waals surface area (Å²) in [6, 6.07) is 0. The Morgan fingerprint density at radius 3 is 2.21 bits per heavy atom. The van der Waals surface area contributed by atoms with Gasteiger partial charge >= 0.3 is 6.08 Å². The molecule has 2 aromatic rings. The molecule has 3 rings (SSSR count). The van der Waals surface area contributed by atoms with Crippen LogP contribution in [0.4, 0.5) is 14.6 Å². The third kappa shape index (κ3) is 5.06. The van der Waals surface area contributed by atoms with Crippen LogP contribution < -0.4 is 5.73 Å². The first-order chi connectivity index (χ1) is 15.4. The van der Waals surface area contributed by atoms with Crippen molar-refractivity contribution in [1.82, 2.24) is 19.5 Å². The van der Waals surface area contributed by atoms with E-state index in [1.54, 1.807) is 0 Å². The van der Waals surface area contributed by atoms with Crippen LogP contribution >= 0.6 is 0 Å². The Morgan fingerprint density at radius 2 is 1.65 bits per heavy atom. The number of ether oxygens (including phenoxy) is 1. The van der Waals surface area contributed by atoms with Gasteiger partial charge in [-0.2, -0.15) is 14.4 Å². The van der Waals surface area contributed by atoms with Crippen LogP contribution in [0.2, 0.25) is 36.3 Å². The molecule has 0 aliphatic carbocycles. The molecule has 34 heavy (non-hydrogen) atoms. The first kappa shape index (κ1) is 27.1. The third-order valence-corrected chi connectivity index (χ3v) is 16.6. The predicted octanol–water partition coefficient (Wildman–Crippen LogP) is 5.20. The fraction of sp³-hybridized carbons (Fsp3) is 0.773. The Labute approximate surface area is 202 Å². The summed E-state index contributed by atoms with van der Waals surface area (Å²) in [6.07, 6.45) is -3.80. The molecule has 1 saturated heterocycles. The number of halogens is 2. The van der Waals surface area contributed by atoms with E-state index >= 15 is 4.39 Å². The number of fused-ring (bicyclic) bond motifs is 1. The van der Waals surface area contributed by atoms with Gasteiger partial charge in [0.05, 0.1) is 12.9 Å². The minimum atomic E-state index is -2.35. The second-order valence-corrected chi connectivity index (χ2v) is 21.7. The molecule has 192 valence electrons. The van der Waals surface area contributed by atoms with Crippen LogP contribution in [-0.2, 0) is 13.6 Å². The molecule has 1 unspecified atom stereocenters.